The number of nitrogens with zero attached hydrogens (tertiary/aromatic N) is 1. The molecule has 0 unspecified atom stereocenters. The molecule has 1 aromatic rings. The number of urea groups is 1. The third kappa shape index (κ3) is 2.17. The predicted octanol–water partition coefficient (Wildman–Crippen LogP) is 3.25. The van der Waals surface area contributed by atoms with Crippen LogP contribution in [0.5, 0.6) is 0 Å². The number of hydrogen-bond acceptors (Lipinski definition) is 3. The molecular formula is C14H12BrClN2O3. The zero-order chi connectivity index (χ0) is 15.2. The van der Waals surface area contributed by atoms with Crippen molar-refractivity contribution < 1.29 is 14.4 Å². The third-order valence-corrected chi connectivity index (χ3v) is 4.89. The second kappa shape index (κ2) is 5.10. The Morgan fingerprint density at radius 3 is 2.52 bits per heavy atom. The lowest BCUT2D eigenvalue weighted by Crippen LogP contribution is -2.63. The lowest BCUT2D eigenvalue weighted by Gasteiger charge is -2.37. The van der Waals surface area contributed by atoms with Crippen molar-refractivity contribution in [2.24, 2.45) is 5.41 Å². The number of benzene rings is 1. The number of anilines is 1. The first-order chi connectivity index (χ1) is 9.95. The Morgan fingerprint density at radius 1 is 1.19 bits per heavy atom. The van der Waals surface area contributed by atoms with Crippen LogP contribution < -0.4 is 10.2 Å². The molecule has 1 N–H and O–H groups in total. The van der Waals surface area contributed by atoms with E-state index in [-0.39, 0.29) is 10.7 Å². The van der Waals surface area contributed by atoms with Crippen LogP contribution in [0.15, 0.2) is 22.7 Å². The fraction of sp³-hybridized carbons (Fsp3) is 0.357. The van der Waals surface area contributed by atoms with Crippen LogP contribution >= 0.6 is 27.5 Å². The summed E-state index contributed by atoms with van der Waals surface area (Å²) in [6.07, 6.45) is 2.53. The van der Waals surface area contributed by atoms with E-state index in [1.54, 1.807) is 18.2 Å². The Hall–Kier alpha value is -1.40. The molecule has 0 radical (unpaired) electrons. The van der Waals surface area contributed by atoms with Crippen LogP contribution in [0.1, 0.15) is 25.7 Å². The van der Waals surface area contributed by atoms with Gasteiger partial charge in [-0.3, -0.25) is 14.9 Å². The minimum Gasteiger partial charge on any atom is -0.276 e. The highest BCUT2D eigenvalue weighted by molar-refractivity contribution is 9.10. The maximum Gasteiger partial charge on any atom is 0.335 e. The van der Waals surface area contributed by atoms with Gasteiger partial charge in [-0.15, -0.1) is 0 Å². The molecule has 21 heavy (non-hydrogen) atoms. The minimum absolute atomic E-state index is 0.282. The number of imide groups is 2. The van der Waals surface area contributed by atoms with Gasteiger partial charge in [0.1, 0.15) is 5.41 Å². The van der Waals surface area contributed by atoms with Gasteiger partial charge in [0, 0.05) is 4.47 Å². The van der Waals surface area contributed by atoms with Gasteiger partial charge < -0.3 is 0 Å². The Labute approximate surface area is 134 Å². The van der Waals surface area contributed by atoms with E-state index < -0.39 is 23.3 Å². The first-order valence-corrected chi connectivity index (χ1v) is 7.78. The number of halogens is 2. The molecule has 1 saturated heterocycles. The van der Waals surface area contributed by atoms with Crippen molar-refractivity contribution in [2.75, 3.05) is 4.90 Å². The monoisotopic (exact) mass is 370 g/mol. The standard InChI is InChI=1S/C14H12BrClN2O3/c15-8-3-4-9(16)10(7-8)18-12(20)14(5-1-2-6-14)11(19)17-13(18)21/h3-4,7H,1-2,5-6H2,(H,17,19,21). The molecular weight excluding hydrogens is 360 g/mol. The molecule has 1 aromatic carbocycles. The zero-order valence-corrected chi connectivity index (χ0v) is 13.3. The molecule has 1 heterocycles. The summed E-state index contributed by atoms with van der Waals surface area (Å²) in [5.41, 5.74) is -0.841. The van der Waals surface area contributed by atoms with Crippen molar-refractivity contribution in [3.63, 3.8) is 0 Å². The second-order valence-corrected chi connectivity index (χ2v) is 6.61. The van der Waals surface area contributed by atoms with E-state index in [1.165, 1.54) is 0 Å². The molecule has 2 fully saturated rings. The van der Waals surface area contributed by atoms with Gasteiger partial charge in [0.05, 0.1) is 10.7 Å². The fourth-order valence-corrected chi connectivity index (χ4v) is 3.52. The van der Waals surface area contributed by atoms with Gasteiger partial charge in [-0.05, 0) is 31.0 Å². The molecule has 1 spiro atoms. The molecule has 110 valence electrons. The molecule has 2 aliphatic rings. The summed E-state index contributed by atoms with van der Waals surface area (Å²) in [5.74, 6) is -0.967. The van der Waals surface area contributed by atoms with Crippen LogP contribution in [-0.4, -0.2) is 17.8 Å². The SMILES string of the molecule is O=C1NC(=O)C2(CCCC2)C(=O)N1c1cc(Br)ccc1Cl. The summed E-state index contributed by atoms with van der Waals surface area (Å²) >= 11 is 9.41. The summed E-state index contributed by atoms with van der Waals surface area (Å²) in [5, 5.41) is 2.57. The maximum atomic E-state index is 12.8. The average molecular weight is 372 g/mol. The number of carbonyl (C=O) groups is 3. The van der Waals surface area contributed by atoms with E-state index in [9.17, 15) is 14.4 Å². The molecule has 5 nitrogen and oxygen atoms in total. The van der Waals surface area contributed by atoms with Crippen molar-refractivity contribution in [2.45, 2.75) is 25.7 Å². The summed E-state index contributed by atoms with van der Waals surface area (Å²) < 4.78 is 0.694. The summed E-state index contributed by atoms with van der Waals surface area (Å²) in [7, 11) is 0. The Morgan fingerprint density at radius 2 is 1.86 bits per heavy atom. The number of carbonyl (C=O) groups excluding carboxylic acids is 3. The fourth-order valence-electron chi connectivity index (χ4n) is 2.97. The van der Waals surface area contributed by atoms with Crippen LogP contribution in [0.2, 0.25) is 5.02 Å². The lowest BCUT2D eigenvalue weighted by atomic mass is 9.82. The van der Waals surface area contributed by atoms with E-state index in [4.69, 9.17) is 11.6 Å². The highest BCUT2D eigenvalue weighted by Gasteiger charge is 2.55. The highest BCUT2D eigenvalue weighted by Crippen LogP contribution is 2.44. The molecule has 1 aliphatic heterocycles. The minimum atomic E-state index is -1.13. The van der Waals surface area contributed by atoms with Gasteiger partial charge in [0.2, 0.25) is 5.91 Å². The van der Waals surface area contributed by atoms with Crippen molar-refractivity contribution in [3.8, 4) is 0 Å². The Balaban J connectivity index is 2.09. The van der Waals surface area contributed by atoms with Gasteiger partial charge in [0.25, 0.3) is 5.91 Å². The molecule has 3 rings (SSSR count). The van der Waals surface area contributed by atoms with Crippen molar-refractivity contribution >= 4 is 51.1 Å². The maximum absolute atomic E-state index is 12.8. The van der Waals surface area contributed by atoms with Crippen LogP contribution in [0, 0.1) is 5.41 Å². The van der Waals surface area contributed by atoms with E-state index in [0.29, 0.717) is 17.3 Å². The molecule has 4 amide bonds. The van der Waals surface area contributed by atoms with Crippen LogP contribution in [-0.2, 0) is 9.59 Å². The number of hydrogen-bond donors (Lipinski definition) is 1. The van der Waals surface area contributed by atoms with Gasteiger partial charge in [-0.1, -0.05) is 40.4 Å². The highest BCUT2D eigenvalue weighted by atomic mass is 79.9. The molecule has 0 atom stereocenters. The Bertz CT molecular complexity index is 656. The van der Waals surface area contributed by atoms with E-state index in [2.05, 4.69) is 21.2 Å². The average Bonchev–Trinajstić information content (AvgIpc) is 2.92. The Kier molecular flexibility index (Phi) is 3.53. The number of nitrogens with one attached hydrogen (secondary N) is 1. The van der Waals surface area contributed by atoms with Gasteiger partial charge in [-0.25, -0.2) is 9.69 Å². The first kappa shape index (κ1) is 14.5. The van der Waals surface area contributed by atoms with E-state index >= 15 is 0 Å². The molecule has 1 saturated carbocycles. The van der Waals surface area contributed by atoms with Gasteiger partial charge in [-0.2, -0.15) is 0 Å². The van der Waals surface area contributed by atoms with Crippen LogP contribution in [0.3, 0.4) is 0 Å². The second-order valence-electron chi connectivity index (χ2n) is 5.28. The smallest absolute Gasteiger partial charge is 0.276 e. The third-order valence-electron chi connectivity index (χ3n) is 4.08. The summed E-state index contributed by atoms with van der Waals surface area (Å²) in [4.78, 5) is 38.1. The predicted molar refractivity (Wildman–Crippen MR) is 81.1 cm³/mol. The van der Waals surface area contributed by atoms with Crippen LogP contribution in [0.25, 0.3) is 0 Å². The van der Waals surface area contributed by atoms with Crippen molar-refractivity contribution in [3.05, 3.63) is 27.7 Å². The van der Waals surface area contributed by atoms with Gasteiger partial charge >= 0.3 is 6.03 Å². The van der Waals surface area contributed by atoms with E-state index in [0.717, 1.165) is 17.7 Å². The summed E-state index contributed by atoms with van der Waals surface area (Å²) in [6.45, 7) is 0. The molecule has 7 heteroatoms. The van der Waals surface area contributed by atoms with Crippen LogP contribution in [0.4, 0.5) is 10.5 Å². The van der Waals surface area contributed by atoms with E-state index in [1.807, 2.05) is 0 Å². The number of barbiturate groups is 1. The molecule has 1 aliphatic carbocycles. The normalized spacial score (nSPS) is 21.0. The number of rotatable bonds is 1. The zero-order valence-electron chi connectivity index (χ0n) is 11.0. The molecule has 0 bridgehead atoms. The molecule has 0 aromatic heterocycles. The largest absolute Gasteiger partial charge is 0.335 e. The number of amides is 4. The van der Waals surface area contributed by atoms with Crippen molar-refractivity contribution in [1.82, 2.24) is 5.32 Å². The quantitative estimate of drug-likeness (QED) is 0.771. The topological polar surface area (TPSA) is 66.5 Å². The first-order valence-electron chi connectivity index (χ1n) is 6.61. The lowest BCUT2D eigenvalue weighted by molar-refractivity contribution is -0.142. The van der Waals surface area contributed by atoms with Crippen molar-refractivity contribution in [1.29, 1.82) is 0 Å². The summed E-state index contributed by atoms with van der Waals surface area (Å²) in [6, 6.07) is 4.16. The van der Waals surface area contributed by atoms with Gasteiger partial charge in [0.15, 0.2) is 0 Å².